The van der Waals surface area contributed by atoms with Gasteiger partial charge in [-0.1, -0.05) is 6.07 Å². The van der Waals surface area contributed by atoms with Crippen LogP contribution in [-0.2, 0) is 13.6 Å². The summed E-state index contributed by atoms with van der Waals surface area (Å²) >= 11 is 0. The van der Waals surface area contributed by atoms with Gasteiger partial charge in [-0.05, 0) is 42.7 Å². The highest BCUT2D eigenvalue weighted by Gasteiger charge is 2.28. The van der Waals surface area contributed by atoms with Crippen molar-refractivity contribution in [3.8, 4) is 34.2 Å². The van der Waals surface area contributed by atoms with Crippen LogP contribution in [0.15, 0.2) is 41.3 Å². The third-order valence-electron chi connectivity index (χ3n) is 5.59. The number of aromatic amines is 1. The van der Waals surface area contributed by atoms with E-state index in [0.717, 1.165) is 12.8 Å². The molecule has 160 valence electrons. The van der Waals surface area contributed by atoms with Crippen molar-refractivity contribution >= 4 is 10.8 Å². The third-order valence-corrected chi connectivity index (χ3v) is 5.59. The minimum atomic E-state index is -0.545. The average molecular weight is 430 g/mol. The first-order chi connectivity index (χ1) is 15.5. The molecule has 0 bridgehead atoms. The number of nitrogens with one attached hydrogen (secondary N) is 1. The summed E-state index contributed by atoms with van der Waals surface area (Å²) in [6.07, 6.45) is 3.51. The molecule has 32 heavy (non-hydrogen) atoms. The van der Waals surface area contributed by atoms with Crippen molar-refractivity contribution in [3.63, 3.8) is 0 Å². The number of nitriles is 1. The molecule has 0 spiro atoms. The molecule has 0 amide bonds. The van der Waals surface area contributed by atoms with Crippen LogP contribution < -0.4 is 16.0 Å². The second kappa shape index (κ2) is 7.59. The van der Waals surface area contributed by atoms with Crippen LogP contribution in [-0.4, -0.2) is 26.1 Å². The fraction of sp³-hybridized carbons (Fsp3) is 0.217. The third kappa shape index (κ3) is 3.21. The molecule has 2 aromatic carbocycles. The Bertz CT molecular complexity index is 1460. The van der Waals surface area contributed by atoms with E-state index in [4.69, 9.17) is 10.5 Å². The molecule has 1 aliphatic rings. The van der Waals surface area contributed by atoms with Crippen LogP contribution in [0.4, 0.5) is 4.39 Å². The van der Waals surface area contributed by atoms with Gasteiger partial charge in [0, 0.05) is 24.5 Å². The smallest absolute Gasteiger partial charge is 0.272 e. The minimum Gasteiger partial charge on any atom is -0.489 e. The van der Waals surface area contributed by atoms with Gasteiger partial charge < -0.3 is 10.5 Å². The maximum Gasteiger partial charge on any atom is 0.272 e. The number of benzene rings is 2. The normalized spacial score (nSPS) is 13.3. The lowest BCUT2D eigenvalue weighted by molar-refractivity contribution is 0.302. The molecular weight excluding hydrogens is 411 g/mol. The fourth-order valence-corrected chi connectivity index (χ4v) is 3.85. The van der Waals surface area contributed by atoms with Crippen molar-refractivity contribution < 1.29 is 9.13 Å². The van der Waals surface area contributed by atoms with E-state index in [1.807, 2.05) is 0 Å². The monoisotopic (exact) mass is 430 g/mol. The molecule has 0 radical (unpaired) electrons. The summed E-state index contributed by atoms with van der Waals surface area (Å²) in [6, 6.07) is 10.1. The highest BCUT2D eigenvalue weighted by Crippen LogP contribution is 2.40. The lowest BCUT2D eigenvalue weighted by Gasteiger charge is -2.14. The Morgan fingerprint density at radius 3 is 2.84 bits per heavy atom. The molecule has 5 rings (SSSR count). The lowest BCUT2D eigenvalue weighted by Crippen LogP contribution is -2.13. The zero-order valence-electron chi connectivity index (χ0n) is 17.2. The van der Waals surface area contributed by atoms with Crippen molar-refractivity contribution in [2.45, 2.75) is 25.5 Å². The van der Waals surface area contributed by atoms with Crippen molar-refractivity contribution in [2.24, 2.45) is 12.8 Å². The number of aromatic nitrogens is 4. The number of ether oxygens (including phenoxy) is 1. The van der Waals surface area contributed by atoms with Gasteiger partial charge in [0.1, 0.15) is 23.2 Å². The zero-order valence-corrected chi connectivity index (χ0v) is 17.2. The summed E-state index contributed by atoms with van der Waals surface area (Å²) < 4.78 is 22.5. The van der Waals surface area contributed by atoms with Gasteiger partial charge in [-0.15, -0.1) is 0 Å². The molecule has 0 aliphatic heterocycles. The first-order valence-electron chi connectivity index (χ1n) is 10.1. The van der Waals surface area contributed by atoms with Crippen molar-refractivity contribution in [2.75, 3.05) is 0 Å². The number of nitrogens with zero attached hydrogens (tertiary/aromatic N) is 4. The van der Waals surface area contributed by atoms with Crippen LogP contribution in [0.1, 0.15) is 24.1 Å². The maximum atomic E-state index is 15.1. The van der Waals surface area contributed by atoms with E-state index >= 15 is 4.39 Å². The second-order valence-corrected chi connectivity index (χ2v) is 7.72. The van der Waals surface area contributed by atoms with E-state index in [9.17, 15) is 10.1 Å². The van der Waals surface area contributed by atoms with Gasteiger partial charge in [-0.25, -0.2) is 9.49 Å². The average Bonchev–Trinajstić information content (AvgIpc) is 3.54. The standard InChI is InChI=1S/C23H19FN6O2/c1-30-22(21-16(9-25)20(7-6-18(21)24)32-13-3-4-13)17(11-27-30)12-2-5-14-15(8-12)19(10-26)28-29-23(14)31/h2,5-8,11,13H,3-4,10,26H2,1H3,(H,29,31). The van der Waals surface area contributed by atoms with E-state index in [-0.39, 0.29) is 29.3 Å². The van der Waals surface area contributed by atoms with Gasteiger partial charge in [0.15, 0.2) is 0 Å². The van der Waals surface area contributed by atoms with Gasteiger partial charge >= 0.3 is 0 Å². The van der Waals surface area contributed by atoms with Crippen molar-refractivity contribution in [3.05, 3.63) is 64.0 Å². The van der Waals surface area contributed by atoms with Crippen LogP contribution >= 0.6 is 0 Å². The van der Waals surface area contributed by atoms with E-state index in [0.29, 0.717) is 39.0 Å². The van der Waals surface area contributed by atoms with Gasteiger partial charge in [-0.2, -0.15) is 15.5 Å². The number of hydrogen-bond donors (Lipinski definition) is 2. The van der Waals surface area contributed by atoms with E-state index < -0.39 is 5.82 Å². The molecule has 1 fully saturated rings. The highest BCUT2D eigenvalue weighted by atomic mass is 19.1. The van der Waals surface area contributed by atoms with Gasteiger partial charge in [0.05, 0.1) is 34.6 Å². The van der Waals surface area contributed by atoms with Crippen molar-refractivity contribution in [1.29, 1.82) is 5.26 Å². The molecule has 4 aromatic rings. The van der Waals surface area contributed by atoms with Gasteiger partial charge in [0.25, 0.3) is 5.56 Å². The quantitative estimate of drug-likeness (QED) is 0.502. The molecule has 1 saturated carbocycles. The molecule has 8 nitrogen and oxygen atoms in total. The van der Waals surface area contributed by atoms with Gasteiger partial charge in [0.2, 0.25) is 0 Å². The summed E-state index contributed by atoms with van der Waals surface area (Å²) in [5, 5.41) is 21.7. The van der Waals surface area contributed by atoms with Crippen LogP contribution in [0, 0.1) is 17.1 Å². The maximum absolute atomic E-state index is 15.1. The molecule has 3 N–H and O–H groups in total. The molecule has 1 aliphatic carbocycles. The Morgan fingerprint density at radius 2 is 2.12 bits per heavy atom. The second-order valence-electron chi connectivity index (χ2n) is 7.72. The first kappa shape index (κ1) is 19.9. The fourth-order valence-electron chi connectivity index (χ4n) is 3.85. The Labute approximate surface area is 182 Å². The van der Waals surface area contributed by atoms with E-state index in [1.165, 1.54) is 16.8 Å². The SMILES string of the molecule is Cn1ncc(-c2ccc3c(=O)[nH]nc(CN)c3c2)c1-c1c(F)ccc(OC2CC2)c1C#N. The predicted molar refractivity (Wildman–Crippen MR) is 116 cm³/mol. The zero-order chi connectivity index (χ0) is 22.4. The van der Waals surface area contributed by atoms with Crippen LogP contribution in [0.3, 0.4) is 0 Å². The number of nitrogens with two attached hydrogens (primary N) is 1. The molecule has 0 saturated heterocycles. The number of rotatable bonds is 5. The van der Waals surface area contributed by atoms with E-state index in [2.05, 4.69) is 21.4 Å². The molecule has 0 atom stereocenters. The molecular formula is C23H19FN6O2. The largest absolute Gasteiger partial charge is 0.489 e. The number of H-pyrrole nitrogens is 1. The van der Waals surface area contributed by atoms with Crippen LogP contribution in [0.5, 0.6) is 5.75 Å². The Morgan fingerprint density at radius 1 is 1.31 bits per heavy atom. The topological polar surface area (TPSA) is 123 Å². The molecule has 2 aromatic heterocycles. The minimum absolute atomic E-state index is 0.0622. The van der Waals surface area contributed by atoms with E-state index in [1.54, 1.807) is 31.4 Å². The number of fused-ring (bicyclic) bond motifs is 1. The summed E-state index contributed by atoms with van der Waals surface area (Å²) in [6.45, 7) is 0.143. The number of hydrogen-bond acceptors (Lipinski definition) is 6. The molecule has 2 heterocycles. The summed E-state index contributed by atoms with van der Waals surface area (Å²) in [5.74, 6) is -0.186. The molecule has 9 heteroatoms. The Balaban J connectivity index is 1.74. The molecule has 0 unspecified atom stereocenters. The summed E-state index contributed by atoms with van der Waals surface area (Å²) in [5.41, 5.74) is 8.01. The van der Waals surface area contributed by atoms with Crippen molar-refractivity contribution in [1.82, 2.24) is 20.0 Å². The Hall–Kier alpha value is -4.03. The van der Waals surface area contributed by atoms with Crippen LogP contribution in [0.25, 0.3) is 33.2 Å². The Kier molecular flexibility index (Phi) is 4.72. The number of aryl methyl sites for hydroxylation is 1. The summed E-state index contributed by atoms with van der Waals surface area (Å²) in [7, 11) is 1.69. The van der Waals surface area contributed by atoms with Crippen LogP contribution in [0.2, 0.25) is 0 Å². The number of halogens is 1. The first-order valence-corrected chi connectivity index (χ1v) is 10.1. The van der Waals surface area contributed by atoms with Gasteiger partial charge in [-0.3, -0.25) is 9.48 Å². The summed E-state index contributed by atoms with van der Waals surface area (Å²) in [4.78, 5) is 12.2. The highest BCUT2D eigenvalue weighted by molar-refractivity contribution is 5.92. The lowest BCUT2D eigenvalue weighted by atomic mass is 9.95. The predicted octanol–water partition coefficient (Wildman–Crippen LogP) is 3.00.